The van der Waals surface area contributed by atoms with Gasteiger partial charge in [0.25, 0.3) is 5.91 Å². The number of benzene rings is 1. The van der Waals surface area contributed by atoms with Crippen LogP contribution >= 0.6 is 0 Å². The number of carbonyl (C=O) groups is 1. The van der Waals surface area contributed by atoms with Gasteiger partial charge in [0.15, 0.2) is 6.61 Å². The van der Waals surface area contributed by atoms with E-state index >= 15 is 0 Å². The van der Waals surface area contributed by atoms with Gasteiger partial charge < -0.3 is 24.4 Å². The standard InChI is InChI=1S/C20H26N4O4/c1-4-15-12-19(23-20(21-15)24-7-9-27-10-8-24)28-13-18(25)22-16-11-14(2)5-6-17(16)26-3/h5-6,11-12H,4,7-10,13H2,1-3H3,(H,22,25). The van der Waals surface area contributed by atoms with Gasteiger partial charge in [0.1, 0.15) is 5.75 Å². The van der Waals surface area contributed by atoms with Gasteiger partial charge in [-0.15, -0.1) is 0 Å². The van der Waals surface area contributed by atoms with E-state index in [0.29, 0.717) is 36.5 Å². The topological polar surface area (TPSA) is 85.8 Å². The van der Waals surface area contributed by atoms with Crippen LogP contribution in [0.5, 0.6) is 11.6 Å². The molecule has 0 atom stereocenters. The van der Waals surface area contributed by atoms with Crippen molar-refractivity contribution in [3.8, 4) is 11.6 Å². The van der Waals surface area contributed by atoms with Crippen molar-refractivity contribution in [3.05, 3.63) is 35.5 Å². The predicted octanol–water partition coefficient (Wildman–Crippen LogP) is 2.21. The minimum atomic E-state index is -0.284. The van der Waals surface area contributed by atoms with Gasteiger partial charge in [-0.3, -0.25) is 4.79 Å². The number of aryl methyl sites for hydroxylation is 2. The molecule has 2 heterocycles. The van der Waals surface area contributed by atoms with Crippen LogP contribution < -0.4 is 19.7 Å². The number of carbonyl (C=O) groups excluding carboxylic acids is 1. The van der Waals surface area contributed by atoms with Crippen LogP contribution in [0.25, 0.3) is 0 Å². The molecule has 0 radical (unpaired) electrons. The maximum atomic E-state index is 12.3. The fourth-order valence-corrected chi connectivity index (χ4v) is 2.86. The van der Waals surface area contributed by atoms with Gasteiger partial charge in [-0.25, -0.2) is 4.98 Å². The second-order valence-corrected chi connectivity index (χ2v) is 6.49. The maximum Gasteiger partial charge on any atom is 0.262 e. The predicted molar refractivity (Wildman–Crippen MR) is 106 cm³/mol. The van der Waals surface area contributed by atoms with E-state index in [1.54, 1.807) is 13.2 Å². The molecule has 1 amide bonds. The number of aromatic nitrogens is 2. The van der Waals surface area contributed by atoms with Gasteiger partial charge in [-0.2, -0.15) is 4.98 Å². The van der Waals surface area contributed by atoms with Crippen LogP contribution in [0.2, 0.25) is 0 Å². The number of methoxy groups -OCH3 is 1. The fourth-order valence-electron chi connectivity index (χ4n) is 2.86. The van der Waals surface area contributed by atoms with Crippen molar-refractivity contribution in [1.29, 1.82) is 0 Å². The lowest BCUT2D eigenvalue weighted by Crippen LogP contribution is -2.37. The first-order valence-electron chi connectivity index (χ1n) is 9.37. The number of amides is 1. The molecule has 3 rings (SSSR count). The van der Waals surface area contributed by atoms with Gasteiger partial charge in [-0.1, -0.05) is 13.0 Å². The third kappa shape index (κ3) is 5.10. The van der Waals surface area contributed by atoms with E-state index in [-0.39, 0.29) is 12.5 Å². The third-order valence-electron chi connectivity index (χ3n) is 4.38. The van der Waals surface area contributed by atoms with E-state index < -0.39 is 0 Å². The summed E-state index contributed by atoms with van der Waals surface area (Å²) in [6.45, 7) is 6.59. The molecule has 1 aliphatic rings. The Bertz CT molecular complexity index is 822. The Morgan fingerprint density at radius 3 is 2.75 bits per heavy atom. The van der Waals surface area contributed by atoms with Crippen molar-refractivity contribution in [2.45, 2.75) is 20.3 Å². The van der Waals surface area contributed by atoms with Gasteiger partial charge in [0.05, 0.1) is 26.0 Å². The summed E-state index contributed by atoms with van der Waals surface area (Å²) in [6.07, 6.45) is 0.753. The molecule has 150 valence electrons. The number of rotatable bonds is 7. The average Bonchev–Trinajstić information content (AvgIpc) is 2.73. The Kier molecular flexibility index (Phi) is 6.65. The van der Waals surface area contributed by atoms with Crippen LogP contribution in [0.15, 0.2) is 24.3 Å². The normalized spacial score (nSPS) is 13.9. The monoisotopic (exact) mass is 386 g/mol. The molecule has 0 aliphatic carbocycles. The van der Waals surface area contributed by atoms with Crippen molar-refractivity contribution < 1.29 is 19.0 Å². The Labute approximate surface area is 164 Å². The van der Waals surface area contributed by atoms with Gasteiger partial charge in [0, 0.05) is 24.8 Å². The zero-order chi connectivity index (χ0) is 19.9. The fraction of sp³-hybridized carbons (Fsp3) is 0.450. The molecule has 0 saturated carbocycles. The molecule has 8 heteroatoms. The van der Waals surface area contributed by atoms with E-state index in [9.17, 15) is 4.79 Å². The first kappa shape index (κ1) is 19.9. The number of nitrogens with one attached hydrogen (secondary N) is 1. The number of ether oxygens (including phenoxy) is 3. The first-order chi connectivity index (χ1) is 13.6. The van der Waals surface area contributed by atoms with Crippen molar-refractivity contribution in [2.75, 3.05) is 50.2 Å². The van der Waals surface area contributed by atoms with Crippen LogP contribution in [0.4, 0.5) is 11.6 Å². The van der Waals surface area contributed by atoms with E-state index in [4.69, 9.17) is 14.2 Å². The number of anilines is 2. The van der Waals surface area contributed by atoms with Gasteiger partial charge in [0.2, 0.25) is 11.8 Å². The molecule has 1 N–H and O–H groups in total. The smallest absolute Gasteiger partial charge is 0.262 e. The summed E-state index contributed by atoms with van der Waals surface area (Å²) in [7, 11) is 1.57. The SMILES string of the molecule is CCc1cc(OCC(=O)Nc2cc(C)ccc2OC)nc(N2CCOCC2)n1. The molecule has 1 aromatic carbocycles. The Morgan fingerprint density at radius 1 is 1.25 bits per heavy atom. The largest absolute Gasteiger partial charge is 0.495 e. The minimum Gasteiger partial charge on any atom is -0.495 e. The molecule has 0 spiro atoms. The molecular weight excluding hydrogens is 360 g/mol. The van der Waals surface area contributed by atoms with Crippen LogP contribution in [0.3, 0.4) is 0 Å². The summed E-state index contributed by atoms with van der Waals surface area (Å²) >= 11 is 0. The lowest BCUT2D eigenvalue weighted by molar-refractivity contribution is -0.118. The second kappa shape index (κ2) is 9.36. The summed E-state index contributed by atoms with van der Waals surface area (Å²) < 4.78 is 16.3. The zero-order valence-electron chi connectivity index (χ0n) is 16.5. The highest BCUT2D eigenvalue weighted by atomic mass is 16.5. The summed E-state index contributed by atoms with van der Waals surface area (Å²) in [5, 5.41) is 2.82. The molecule has 1 fully saturated rings. The molecule has 8 nitrogen and oxygen atoms in total. The Balaban J connectivity index is 1.66. The molecule has 1 aromatic heterocycles. The Hall–Kier alpha value is -2.87. The van der Waals surface area contributed by atoms with Crippen molar-refractivity contribution in [2.24, 2.45) is 0 Å². The van der Waals surface area contributed by atoms with Crippen molar-refractivity contribution in [3.63, 3.8) is 0 Å². The number of hydrogen-bond donors (Lipinski definition) is 1. The van der Waals surface area contributed by atoms with E-state index in [2.05, 4.69) is 20.2 Å². The molecule has 1 saturated heterocycles. The molecule has 2 aromatic rings. The first-order valence-corrected chi connectivity index (χ1v) is 9.37. The highest BCUT2D eigenvalue weighted by Crippen LogP contribution is 2.25. The molecule has 1 aliphatic heterocycles. The average molecular weight is 386 g/mol. The third-order valence-corrected chi connectivity index (χ3v) is 4.38. The van der Waals surface area contributed by atoms with Gasteiger partial charge in [-0.05, 0) is 31.0 Å². The molecule has 28 heavy (non-hydrogen) atoms. The van der Waals surface area contributed by atoms with Crippen LogP contribution in [-0.2, 0) is 16.0 Å². The van der Waals surface area contributed by atoms with Crippen molar-refractivity contribution >= 4 is 17.5 Å². The summed E-state index contributed by atoms with van der Waals surface area (Å²) in [6, 6.07) is 7.36. The second-order valence-electron chi connectivity index (χ2n) is 6.49. The number of nitrogens with zero attached hydrogens (tertiary/aromatic N) is 3. The minimum absolute atomic E-state index is 0.153. The summed E-state index contributed by atoms with van der Waals surface area (Å²) in [4.78, 5) is 23.4. The van der Waals surface area contributed by atoms with E-state index in [0.717, 1.165) is 30.8 Å². The highest BCUT2D eigenvalue weighted by Gasteiger charge is 2.16. The molecular formula is C20H26N4O4. The molecule has 0 bridgehead atoms. The Morgan fingerprint density at radius 2 is 2.04 bits per heavy atom. The van der Waals surface area contributed by atoms with Crippen LogP contribution in [-0.4, -0.2) is 55.9 Å². The maximum absolute atomic E-state index is 12.3. The van der Waals surface area contributed by atoms with Crippen LogP contribution in [0, 0.1) is 6.92 Å². The number of hydrogen-bond acceptors (Lipinski definition) is 7. The van der Waals surface area contributed by atoms with E-state index in [1.807, 2.05) is 32.0 Å². The summed E-state index contributed by atoms with van der Waals surface area (Å²) in [5.41, 5.74) is 2.50. The lowest BCUT2D eigenvalue weighted by atomic mass is 10.2. The highest BCUT2D eigenvalue weighted by molar-refractivity contribution is 5.93. The van der Waals surface area contributed by atoms with E-state index in [1.165, 1.54) is 0 Å². The molecule has 0 unspecified atom stereocenters. The zero-order valence-corrected chi connectivity index (χ0v) is 16.5. The summed E-state index contributed by atoms with van der Waals surface area (Å²) in [5.74, 6) is 1.32. The quantitative estimate of drug-likeness (QED) is 0.781. The van der Waals surface area contributed by atoms with Crippen molar-refractivity contribution in [1.82, 2.24) is 9.97 Å². The number of morpholine rings is 1. The van der Waals surface area contributed by atoms with Crippen LogP contribution in [0.1, 0.15) is 18.2 Å². The lowest BCUT2D eigenvalue weighted by Gasteiger charge is -2.27. The van der Waals surface area contributed by atoms with Gasteiger partial charge >= 0.3 is 0 Å².